The summed E-state index contributed by atoms with van der Waals surface area (Å²) in [5.74, 6) is -2.44. The lowest BCUT2D eigenvalue weighted by atomic mass is 9.75. The van der Waals surface area contributed by atoms with Gasteiger partial charge in [0.1, 0.15) is 11.6 Å². The number of aromatic nitrogens is 2. The van der Waals surface area contributed by atoms with Crippen molar-refractivity contribution in [3.8, 4) is 17.3 Å². The zero-order valence-corrected chi connectivity index (χ0v) is 17.6. The Kier molecular flexibility index (Phi) is 6.22. The molecule has 0 saturated carbocycles. The number of nitrogens with zero attached hydrogens (tertiary/aromatic N) is 4. The molecule has 5 nitrogen and oxygen atoms in total. The molecule has 0 spiro atoms. The van der Waals surface area contributed by atoms with Crippen LogP contribution in [0.1, 0.15) is 35.2 Å². The predicted molar refractivity (Wildman–Crippen MR) is 115 cm³/mol. The van der Waals surface area contributed by atoms with Crippen molar-refractivity contribution in [3.05, 3.63) is 83.8 Å². The second-order valence-electron chi connectivity index (χ2n) is 8.04. The first-order valence-corrected chi connectivity index (χ1v) is 10.5. The predicted octanol–water partition coefficient (Wildman–Crippen LogP) is 4.83. The van der Waals surface area contributed by atoms with Gasteiger partial charge in [0.05, 0.1) is 23.2 Å². The molecule has 0 bridgehead atoms. The summed E-state index contributed by atoms with van der Waals surface area (Å²) in [6.07, 6.45) is 5.43. The summed E-state index contributed by atoms with van der Waals surface area (Å²) < 4.78 is 27.8. The Labute approximate surface area is 185 Å². The molecule has 162 valence electrons. The second kappa shape index (κ2) is 9.23. The molecule has 1 saturated heterocycles. The smallest absolute Gasteiger partial charge is 0.256 e. The molecular formula is C25H22F2N4O. The van der Waals surface area contributed by atoms with Crippen molar-refractivity contribution in [3.63, 3.8) is 0 Å². The zero-order chi connectivity index (χ0) is 22.7. The highest BCUT2D eigenvalue weighted by atomic mass is 19.1. The quantitative estimate of drug-likeness (QED) is 0.592. The van der Waals surface area contributed by atoms with Crippen molar-refractivity contribution in [2.75, 3.05) is 13.1 Å². The Morgan fingerprint density at radius 3 is 2.75 bits per heavy atom. The van der Waals surface area contributed by atoms with E-state index in [0.29, 0.717) is 36.3 Å². The number of amides is 1. The van der Waals surface area contributed by atoms with Crippen LogP contribution in [0.5, 0.6) is 0 Å². The van der Waals surface area contributed by atoms with E-state index in [1.807, 2.05) is 13.0 Å². The van der Waals surface area contributed by atoms with Crippen LogP contribution in [-0.2, 0) is 0 Å². The highest BCUT2D eigenvalue weighted by Gasteiger charge is 2.37. The van der Waals surface area contributed by atoms with Crippen LogP contribution in [0.4, 0.5) is 8.78 Å². The van der Waals surface area contributed by atoms with Gasteiger partial charge in [-0.3, -0.25) is 14.8 Å². The Bertz CT molecular complexity index is 1160. The highest BCUT2D eigenvalue weighted by Crippen LogP contribution is 2.37. The third kappa shape index (κ3) is 4.22. The number of rotatable bonds is 4. The molecule has 2 unspecified atom stereocenters. The summed E-state index contributed by atoms with van der Waals surface area (Å²) in [6, 6.07) is 12.9. The molecule has 32 heavy (non-hydrogen) atoms. The number of hydrogen-bond acceptors (Lipinski definition) is 4. The summed E-state index contributed by atoms with van der Waals surface area (Å²) in [4.78, 5) is 23.7. The molecule has 3 aromatic rings. The number of carbonyl (C=O) groups is 1. The van der Waals surface area contributed by atoms with Crippen LogP contribution >= 0.6 is 0 Å². The summed E-state index contributed by atoms with van der Waals surface area (Å²) in [7, 11) is 0. The molecule has 1 aliphatic heterocycles. The van der Waals surface area contributed by atoms with Gasteiger partial charge < -0.3 is 4.90 Å². The second-order valence-corrected chi connectivity index (χ2v) is 8.04. The third-order valence-corrected chi connectivity index (χ3v) is 6.18. The van der Waals surface area contributed by atoms with Crippen LogP contribution in [0.15, 0.2) is 61.1 Å². The number of hydrogen-bond donors (Lipinski definition) is 0. The molecule has 0 aliphatic carbocycles. The van der Waals surface area contributed by atoms with Crippen LogP contribution in [0.25, 0.3) is 11.3 Å². The number of nitriles is 1. The summed E-state index contributed by atoms with van der Waals surface area (Å²) in [5, 5.41) is 9.68. The van der Waals surface area contributed by atoms with Gasteiger partial charge in [-0.15, -0.1) is 0 Å². The topological polar surface area (TPSA) is 69.9 Å². The molecule has 4 rings (SSSR count). The van der Waals surface area contributed by atoms with Gasteiger partial charge in [-0.1, -0.05) is 13.0 Å². The summed E-state index contributed by atoms with van der Waals surface area (Å²) in [6.45, 7) is 2.55. The average molecular weight is 432 g/mol. The van der Waals surface area contributed by atoms with Gasteiger partial charge in [0.2, 0.25) is 0 Å². The van der Waals surface area contributed by atoms with Gasteiger partial charge in [-0.25, -0.2) is 8.78 Å². The largest absolute Gasteiger partial charge is 0.338 e. The number of halogens is 2. The number of pyridine rings is 2. The Morgan fingerprint density at radius 1 is 1.22 bits per heavy atom. The van der Waals surface area contributed by atoms with Crippen molar-refractivity contribution in [2.45, 2.75) is 19.3 Å². The SMILES string of the molecule is C[C@H](c1ccc(F)cc1F)C1CN(C(=O)c2cccnc2-c2cccnc2)CCC1C#N. The maximum atomic E-state index is 14.4. The minimum absolute atomic E-state index is 0.190. The molecule has 7 heteroatoms. The van der Waals surface area contributed by atoms with E-state index in [9.17, 15) is 18.8 Å². The van der Waals surface area contributed by atoms with E-state index in [2.05, 4.69) is 16.0 Å². The van der Waals surface area contributed by atoms with Crippen molar-refractivity contribution in [1.29, 1.82) is 5.26 Å². The number of carbonyl (C=O) groups excluding carboxylic acids is 1. The van der Waals surface area contributed by atoms with Crippen LogP contribution < -0.4 is 0 Å². The van der Waals surface area contributed by atoms with Gasteiger partial charge in [-0.2, -0.15) is 5.26 Å². The maximum absolute atomic E-state index is 14.4. The molecule has 1 fully saturated rings. The van der Waals surface area contributed by atoms with E-state index in [1.165, 1.54) is 12.1 Å². The lowest BCUT2D eigenvalue weighted by Gasteiger charge is -2.39. The van der Waals surface area contributed by atoms with Crippen LogP contribution in [0.2, 0.25) is 0 Å². The summed E-state index contributed by atoms with van der Waals surface area (Å²) >= 11 is 0. The maximum Gasteiger partial charge on any atom is 0.256 e. The Hall–Kier alpha value is -3.66. The Morgan fingerprint density at radius 2 is 2.03 bits per heavy atom. The van der Waals surface area contributed by atoms with E-state index in [0.717, 1.165) is 11.6 Å². The molecular weight excluding hydrogens is 410 g/mol. The molecule has 2 aromatic heterocycles. The lowest BCUT2D eigenvalue weighted by molar-refractivity contribution is 0.0612. The van der Waals surface area contributed by atoms with E-state index < -0.39 is 11.6 Å². The van der Waals surface area contributed by atoms with Gasteiger partial charge in [0.25, 0.3) is 5.91 Å². The highest BCUT2D eigenvalue weighted by molar-refractivity contribution is 5.99. The van der Waals surface area contributed by atoms with Crippen molar-refractivity contribution in [1.82, 2.24) is 14.9 Å². The fourth-order valence-corrected chi connectivity index (χ4v) is 4.42. The molecule has 3 heterocycles. The molecule has 3 atom stereocenters. The first kappa shape index (κ1) is 21.6. The zero-order valence-electron chi connectivity index (χ0n) is 17.6. The van der Waals surface area contributed by atoms with Gasteiger partial charge in [0.15, 0.2) is 0 Å². The normalized spacial score (nSPS) is 19.2. The third-order valence-electron chi connectivity index (χ3n) is 6.18. The van der Waals surface area contributed by atoms with Crippen LogP contribution in [-0.4, -0.2) is 33.9 Å². The van der Waals surface area contributed by atoms with E-state index in [-0.39, 0.29) is 23.7 Å². The fourth-order valence-electron chi connectivity index (χ4n) is 4.42. The van der Waals surface area contributed by atoms with Gasteiger partial charge >= 0.3 is 0 Å². The van der Waals surface area contributed by atoms with Crippen LogP contribution in [0, 0.1) is 34.8 Å². The van der Waals surface area contributed by atoms with Gasteiger partial charge in [0, 0.05) is 43.3 Å². The lowest BCUT2D eigenvalue weighted by Crippen LogP contribution is -2.45. The van der Waals surface area contributed by atoms with Crippen molar-refractivity contribution < 1.29 is 13.6 Å². The first-order valence-electron chi connectivity index (χ1n) is 10.5. The minimum Gasteiger partial charge on any atom is -0.338 e. The number of benzene rings is 1. The van der Waals surface area contributed by atoms with Crippen molar-refractivity contribution in [2.24, 2.45) is 11.8 Å². The number of likely N-dealkylation sites (tertiary alicyclic amines) is 1. The first-order chi connectivity index (χ1) is 15.5. The average Bonchev–Trinajstić information content (AvgIpc) is 2.83. The standard InChI is InChI=1S/C25H22F2N4O/c1-16(20-7-6-19(26)12-23(20)27)22-15-31(11-8-17(22)13-28)25(32)21-5-3-10-30-24(21)18-4-2-9-29-14-18/h2-7,9-10,12,14,16-17,22H,8,11,15H2,1H3/t16-,17?,22?/m1/s1. The molecule has 1 aromatic carbocycles. The van der Waals surface area contributed by atoms with E-state index >= 15 is 0 Å². The Balaban J connectivity index is 1.62. The summed E-state index contributed by atoms with van der Waals surface area (Å²) in [5.41, 5.74) is 2.09. The van der Waals surface area contributed by atoms with Crippen molar-refractivity contribution >= 4 is 5.91 Å². The molecule has 0 N–H and O–H groups in total. The van der Waals surface area contributed by atoms with Gasteiger partial charge in [-0.05, 0) is 54.2 Å². The molecule has 1 amide bonds. The minimum atomic E-state index is -0.643. The fraction of sp³-hybridized carbons (Fsp3) is 0.280. The number of piperidine rings is 1. The monoisotopic (exact) mass is 432 g/mol. The molecule has 0 radical (unpaired) electrons. The van der Waals surface area contributed by atoms with E-state index in [4.69, 9.17) is 0 Å². The molecule has 1 aliphatic rings. The van der Waals surface area contributed by atoms with Crippen LogP contribution in [0.3, 0.4) is 0 Å². The van der Waals surface area contributed by atoms with E-state index in [1.54, 1.807) is 41.7 Å².